The average Bonchev–Trinajstić information content (AvgIpc) is 2.99. The van der Waals surface area contributed by atoms with Crippen molar-refractivity contribution in [3.8, 4) is 11.5 Å². The lowest BCUT2D eigenvalue weighted by molar-refractivity contribution is -0.144. The molecule has 1 amide bonds. The Balaban J connectivity index is 1.67. The summed E-state index contributed by atoms with van der Waals surface area (Å²) in [7, 11) is 0. The van der Waals surface area contributed by atoms with Crippen LogP contribution < -0.4 is 20.5 Å². The number of hydrogen-bond acceptors (Lipinski definition) is 9. The zero-order chi connectivity index (χ0) is 32.1. The molecule has 0 saturated carbocycles. The highest BCUT2D eigenvalue weighted by Crippen LogP contribution is 2.24. The van der Waals surface area contributed by atoms with E-state index in [0.717, 1.165) is 25.9 Å². The molecule has 1 atom stereocenters. The normalized spacial score (nSPS) is 13.8. The molecule has 5 N–H and O–H groups in total. The van der Waals surface area contributed by atoms with Crippen LogP contribution >= 0.6 is 0 Å². The molecule has 0 aromatic heterocycles. The minimum atomic E-state index is -0.737. The van der Waals surface area contributed by atoms with Gasteiger partial charge in [-0.2, -0.15) is 0 Å². The Bertz CT molecular complexity index is 1310. The lowest BCUT2D eigenvalue weighted by Crippen LogP contribution is -2.41. The van der Waals surface area contributed by atoms with Crippen LogP contribution in [0.3, 0.4) is 0 Å². The molecule has 2 aromatic rings. The monoisotopic (exact) mass is 609 g/mol. The van der Waals surface area contributed by atoms with E-state index in [-0.39, 0.29) is 50.6 Å². The molecular weight excluding hydrogens is 566 g/mol. The molecule has 1 aliphatic rings. The van der Waals surface area contributed by atoms with Crippen molar-refractivity contribution in [2.24, 2.45) is 5.73 Å². The number of nitrogens with two attached hydrogens (primary N) is 1. The predicted molar refractivity (Wildman–Crippen MR) is 165 cm³/mol. The first-order valence-corrected chi connectivity index (χ1v) is 14.9. The van der Waals surface area contributed by atoms with E-state index < -0.39 is 17.9 Å². The Hall–Kier alpha value is -4.61. The zero-order valence-electron chi connectivity index (χ0n) is 25.6. The number of hydrogen-bond donors (Lipinski definition) is 4. The molecule has 1 aliphatic heterocycles. The molecule has 1 fully saturated rings. The molecule has 1 unspecified atom stereocenters. The standard InChI is InChI=1S/C32H43N5O7/c1-4-41-29(38)13-10-22-6-7-24(31(34)35)18-28(22)43-20-25(19-30(39)42-5-2)36-32(40)23-8-11-26(12-9-23)44-27-14-16-37(17-15-27)21(3)33/h6-9,11-12,18,25,27,33H,4-5,10,13-17,19-20H2,1-3H3,(H3,34,35)(H,36,40). The molecule has 12 heteroatoms. The molecule has 0 bridgehead atoms. The number of carbonyl (C=O) groups is 3. The molecule has 3 rings (SSSR count). The molecule has 1 saturated heterocycles. The van der Waals surface area contributed by atoms with Crippen molar-refractivity contribution in [1.29, 1.82) is 10.8 Å². The van der Waals surface area contributed by atoms with Crippen molar-refractivity contribution in [2.45, 2.75) is 65.0 Å². The van der Waals surface area contributed by atoms with E-state index >= 15 is 0 Å². The maximum atomic E-state index is 13.2. The van der Waals surface area contributed by atoms with Gasteiger partial charge in [-0.1, -0.05) is 12.1 Å². The number of nitrogens with zero attached hydrogens (tertiary/aromatic N) is 1. The van der Waals surface area contributed by atoms with Gasteiger partial charge < -0.3 is 34.9 Å². The number of nitrogens with one attached hydrogen (secondary N) is 3. The third kappa shape index (κ3) is 10.6. The van der Waals surface area contributed by atoms with Crippen LogP contribution in [-0.2, 0) is 25.5 Å². The van der Waals surface area contributed by atoms with Crippen LogP contribution in [0.15, 0.2) is 42.5 Å². The zero-order valence-corrected chi connectivity index (χ0v) is 25.6. The Kier molecular flexibility index (Phi) is 13.0. The summed E-state index contributed by atoms with van der Waals surface area (Å²) < 4.78 is 22.3. The number of amides is 1. The molecule has 12 nitrogen and oxygen atoms in total. The second-order valence-electron chi connectivity index (χ2n) is 10.4. The lowest BCUT2D eigenvalue weighted by atomic mass is 10.0. The minimum absolute atomic E-state index is 0.0417. The maximum absolute atomic E-state index is 13.2. The van der Waals surface area contributed by atoms with E-state index in [2.05, 4.69) is 5.32 Å². The molecule has 0 aliphatic carbocycles. The Morgan fingerprint density at radius 1 is 0.977 bits per heavy atom. The number of ether oxygens (including phenoxy) is 4. The molecular formula is C32H43N5O7. The average molecular weight is 610 g/mol. The van der Waals surface area contributed by atoms with Gasteiger partial charge in [-0.3, -0.25) is 25.2 Å². The van der Waals surface area contributed by atoms with Crippen LogP contribution in [0.2, 0.25) is 0 Å². The van der Waals surface area contributed by atoms with Crippen LogP contribution in [-0.4, -0.2) is 79.5 Å². The summed E-state index contributed by atoms with van der Waals surface area (Å²) in [5.74, 6) is 0.207. The summed E-state index contributed by atoms with van der Waals surface area (Å²) in [6.45, 7) is 7.17. The summed E-state index contributed by atoms with van der Waals surface area (Å²) in [6.07, 6.45) is 2.01. The molecule has 2 aromatic carbocycles. The van der Waals surface area contributed by atoms with Gasteiger partial charge in [0.2, 0.25) is 0 Å². The van der Waals surface area contributed by atoms with Gasteiger partial charge in [-0.25, -0.2) is 0 Å². The Labute approximate surface area is 258 Å². The number of benzene rings is 2. The number of esters is 2. The first-order chi connectivity index (χ1) is 21.1. The highest BCUT2D eigenvalue weighted by Gasteiger charge is 2.22. The fraction of sp³-hybridized carbons (Fsp3) is 0.469. The first-order valence-electron chi connectivity index (χ1n) is 14.9. The van der Waals surface area contributed by atoms with Crippen molar-refractivity contribution in [2.75, 3.05) is 32.9 Å². The van der Waals surface area contributed by atoms with Gasteiger partial charge in [0.25, 0.3) is 5.91 Å². The minimum Gasteiger partial charge on any atom is -0.491 e. The van der Waals surface area contributed by atoms with E-state index in [1.807, 2.05) is 4.90 Å². The molecule has 238 valence electrons. The topological polar surface area (TPSA) is 177 Å². The lowest BCUT2D eigenvalue weighted by Gasteiger charge is -2.32. The van der Waals surface area contributed by atoms with E-state index in [9.17, 15) is 14.4 Å². The molecule has 44 heavy (non-hydrogen) atoms. The smallest absolute Gasteiger partial charge is 0.307 e. The summed E-state index contributed by atoms with van der Waals surface area (Å²) in [5, 5.41) is 18.4. The first kappa shape index (κ1) is 33.9. The summed E-state index contributed by atoms with van der Waals surface area (Å²) in [6, 6.07) is 11.1. The highest BCUT2D eigenvalue weighted by molar-refractivity contribution is 5.95. The van der Waals surface area contributed by atoms with Crippen LogP contribution in [0.4, 0.5) is 0 Å². The van der Waals surface area contributed by atoms with E-state index in [4.69, 9.17) is 35.5 Å². The van der Waals surface area contributed by atoms with Crippen molar-refractivity contribution in [3.05, 3.63) is 59.2 Å². The Morgan fingerprint density at radius 2 is 1.61 bits per heavy atom. The Morgan fingerprint density at radius 3 is 2.23 bits per heavy atom. The second-order valence-corrected chi connectivity index (χ2v) is 10.4. The van der Waals surface area contributed by atoms with Crippen LogP contribution in [0.1, 0.15) is 67.9 Å². The van der Waals surface area contributed by atoms with Crippen LogP contribution in [0.25, 0.3) is 0 Å². The predicted octanol–water partition coefficient (Wildman–Crippen LogP) is 3.44. The van der Waals surface area contributed by atoms with Gasteiger partial charge >= 0.3 is 11.9 Å². The molecule has 1 heterocycles. The van der Waals surface area contributed by atoms with Gasteiger partial charge in [0, 0.05) is 43.5 Å². The molecule has 0 radical (unpaired) electrons. The summed E-state index contributed by atoms with van der Waals surface area (Å²) in [4.78, 5) is 39.5. The van der Waals surface area contributed by atoms with Crippen molar-refractivity contribution >= 4 is 29.5 Å². The largest absolute Gasteiger partial charge is 0.491 e. The number of carbonyl (C=O) groups excluding carboxylic acids is 3. The van der Waals surface area contributed by atoms with Crippen molar-refractivity contribution in [1.82, 2.24) is 10.2 Å². The number of rotatable bonds is 15. The van der Waals surface area contributed by atoms with E-state index in [0.29, 0.717) is 40.4 Å². The van der Waals surface area contributed by atoms with Gasteiger partial charge in [0.05, 0.1) is 31.5 Å². The SMILES string of the molecule is CCOC(=O)CCc1ccc(C(=N)N)cc1OCC(CC(=O)OCC)NC(=O)c1ccc(OC2CCN(C(C)=N)CC2)cc1. The summed E-state index contributed by atoms with van der Waals surface area (Å²) >= 11 is 0. The van der Waals surface area contributed by atoms with Crippen LogP contribution in [0, 0.1) is 10.8 Å². The van der Waals surface area contributed by atoms with Crippen molar-refractivity contribution < 1.29 is 33.3 Å². The third-order valence-electron chi connectivity index (χ3n) is 7.11. The number of nitrogen functional groups attached to an aromatic ring is 1. The van der Waals surface area contributed by atoms with Gasteiger partial charge in [-0.05, 0) is 63.1 Å². The van der Waals surface area contributed by atoms with Gasteiger partial charge in [0.1, 0.15) is 30.0 Å². The molecule has 0 spiro atoms. The number of aryl methyl sites for hydroxylation is 1. The van der Waals surface area contributed by atoms with Gasteiger partial charge in [0.15, 0.2) is 0 Å². The van der Waals surface area contributed by atoms with E-state index in [1.54, 1.807) is 63.2 Å². The maximum Gasteiger partial charge on any atom is 0.307 e. The number of piperidine rings is 1. The number of amidine groups is 2. The fourth-order valence-corrected chi connectivity index (χ4v) is 4.75. The highest BCUT2D eigenvalue weighted by atomic mass is 16.5. The second kappa shape index (κ2) is 16.9. The van der Waals surface area contributed by atoms with Gasteiger partial charge in [-0.15, -0.1) is 0 Å². The quantitative estimate of drug-likeness (QED) is 0.134. The van der Waals surface area contributed by atoms with E-state index in [1.165, 1.54) is 0 Å². The van der Waals surface area contributed by atoms with Crippen molar-refractivity contribution in [3.63, 3.8) is 0 Å². The fourth-order valence-electron chi connectivity index (χ4n) is 4.75. The van der Waals surface area contributed by atoms with Crippen LogP contribution in [0.5, 0.6) is 11.5 Å². The summed E-state index contributed by atoms with van der Waals surface area (Å²) in [5.41, 5.74) is 7.19. The third-order valence-corrected chi connectivity index (χ3v) is 7.11. The number of likely N-dealkylation sites (tertiary alicyclic amines) is 1.